The van der Waals surface area contributed by atoms with Crippen molar-refractivity contribution in [2.45, 2.75) is 38.7 Å². The largest absolute Gasteiger partial charge is 0.385 e. The Bertz CT molecular complexity index is 344. The molecule has 1 fully saturated rings. The molecule has 0 atom stereocenters. The zero-order valence-electron chi connectivity index (χ0n) is 8.60. The van der Waals surface area contributed by atoms with Crippen LogP contribution in [0.25, 0.3) is 0 Å². The molecule has 1 saturated carbocycles. The first kappa shape index (κ1) is 9.66. The molecule has 0 amide bonds. The molecule has 0 aliphatic heterocycles. The molecule has 1 N–H and O–H groups in total. The molecule has 1 aliphatic carbocycles. The second-order valence-electron chi connectivity index (χ2n) is 4.32. The van der Waals surface area contributed by atoms with Crippen molar-refractivity contribution in [3.63, 3.8) is 0 Å². The molecule has 0 heterocycles. The summed E-state index contributed by atoms with van der Waals surface area (Å²) in [4.78, 5) is 0. The van der Waals surface area contributed by atoms with Crippen molar-refractivity contribution < 1.29 is 9.50 Å². The summed E-state index contributed by atoms with van der Waals surface area (Å²) in [6.45, 7) is 3.73. The molecule has 0 spiro atoms. The molecule has 76 valence electrons. The lowest BCUT2D eigenvalue weighted by molar-refractivity contribution is -0.0421. The average Bonchev–Trinajstić information content (AvgIpc) is 1.99. The number of aliphatic hydroxyl groups is 1. The second-order valence-corrected chi connectivity index (χ2v) is 4.32. The van der Waals surface area contributed by atoms with Crippen LogP contribution in [0, 0.1) is 19.7 Å². The van der Waals surface area contributed by atoms with E-state index in [4.69, 9.17) is 0 Å². The highest BCUT2D eigenvalue weighted by molar-refractivity contribution is 5.37. The number of halogens is 1. The van der Waals surface area contributed by atoms with Crippen LogP contribution in [0.3, 0.4) is 0 Å². The molecular formula is C12H15FO. The Hall–Kier alpha value is -0.890. The van der Waals surface area contributed by atoms with Gasteiger partial charge in [-0.2, -0.15) is 0 Å². The van der Waals surface area contributed by atoms with Gasteiger partial charge in [0.1, 0.15) is 5.82 Å². The highest BCUT2D eigenvalue weighted by Gasteiger charge is 2.39. The fraction of sp³-hybridized carbons (Fsp3) is 0.500. The topological polar surface area (TPSA) is 20.2 Å². The van der Waals surface area contributed by atoms with E-state index in [1.54, 1.807) is 0 Å². The highest BCUT2D eigenvalue weighted by atomic mass is 19.1. The molecule has 1 aromatic rings. The summed E-state index contributed by atoms with van der Waals surface area (Å²) >= 11 is 0. The Morgan fingerprint density at radius 3 is 2.36 bits per heavy atom. The highest BCUT2D eigenvalue weighted by Crippen LogP contribution is 2.43. The standard InChI is InChI=1S/C12H15FO/c1-8-6-9(2)11(10(13)7-8)12(14)4-3-5-12/h6-7,14H,3-5H2,1-2H3. The quantitative estimate of drug-likeness (QED) is 0.728. The Kier molecular flexibility index (Phi) is 2.11. The van der Waals surface area contributed by atoms with Crippen LogP contribution in [0.5, 0.6) is 0 Å². The molecule has 0 aromatic heterocycles. The van der Waals surface area contributed by atoms with Crippen LogP contribution >= 0.6 is 0 Å². The van der Waals surface area contributed by atoms with Crippen molar-refractivity contribution in [3.05, 3.63) is 34.6 Å². The molecule has 2 rings (SSSR count). The van der Waals surface area contributed by atoms with Crippen LogP contribution in [-0.4, -0.2) is 5.11 Å². The fourth-order valence-electron chi connectivity index (χ4n) is 2.27. The molecule has 1 nitrogen and oxygen atoms in total. The normalized spacial score (nSPS) is 19.1. The minimum Gasteiger partial charge on any atom is -0.385 e. The average molecular weight is 194 g/mol. The van der Waals surface area contributed by atoms with E-state index in [2.05, 4.69) is 0 Å². The summed E-state index contributed by atoms with van der Waals surface area (Å²) in [5.41, 5.74) is 1.40. The lowest BCUT2D eigenvalue weighted by Crippen LogP contribution is -2.35. The van der Waals surface area contributed by atoms with E-state index in [1.807, 2.05) is 19.9 Å². The lowest BCUT2D eigenvalue weighted by Gasteiger charge is -2.38. The monoisotopic (exact) mass is 194 g/mol. The zero-order chi connectivity index (χ0) is 10.3. The molecule has 2 heteroatoms. The molecule has 14 heavy (non-hydrogen) atoms. The molecule has 1 aliphatic rings. The summed E-state index contributed by atoms with van der Waals surface area (Å²) in [7, 11) is 0. The molecule has 0 bridgehead atoms. The van der Waals surface area contributed by atoms with Crippen LogP contribution in [0.15, 0.2) is 12.1 Å². The van der Waals surface area contributed by atoms with Gasteiger partial charge in [-0.3, -0.25) is 0 Å². The Morgan fingerprint density at radius 2 is 1.93 bits per heavy atom. The smallest absolute Gasteiger partial charge is 0.129 e. The van der Waals surface area contributed by atoms with E-state index in [1.165, 1.54) is 6.07 Å². The maximum atomic E-state index is 13.7. The van der Waals surface area contributed by atoms with Crippen molar-refractivity contribution in [2.75, 3.05) is 0 Å². The van der Waals surface area contributed by atoms with Crippen molar-refractivity contribution in [2.24, 2.45) is 0 Å². The van der Waals surface area contributed by atoms with Gasteiger partial charge in [0.2, 0.25) is 0 Å². The zero-order valence-corrected chi connectivity index (χ0v) is 8.60. The van der Waals surface area contributed by atoms with Crippen LogP contribution in [-0.2, 0) is 5.60 Å². The number of benzene rings is 1. The van der Waals surface area contributed by atoms with E-state index in [9.17, 15) is 9.50 Å². The van der Waals surface area contributed by atoms with E-state index >= 15 is 0 Å². The van der Waals surface area contributed by atoms with E-state index in [-0.39, 0.29) is 5.82 Å². The first-order valence-electron chi connectivity index (χ1n) is 5.02. The van der Waals surface area contributed by atoms with E-state index < -0.39 is 5.60 Å². The minimum atomic E-state index is -0.887. The lowest BCUT2D eigenvalue weighted by atomic mass is 9.73. The third-order valence-corrected chi connectivity index (χ3v) is 3.08. The van der Waals surface area contributed by atoms with Crippen molar-refractivity contribution >= 4 is 0 Å². The number of rotatable bonds is 1. The predicted molar refractivity (Wildman–Crippen MR) is 53.6 cm³/mol. The maximum Gasteiger partial charge on any atom is 0.129 e. The first-order valence-corrected chi connectivity index (χ1v) is 5.02. The van der Waals surface area contributed by atoms with Gasteiger partial charge in [-0.25, -0.2) is 4.39 Å². The van der Waals surface area contributed by atoms with Crippen molar-refractivity contribution in [3.8, 4) is 0 Å². The first-order chi connectivity index (χ1) is 6.53. The summed E-state index contributed by atoms with van der Waals surface area (Å²) in [6.07, 6.45) is 2.37. The van der Waals surface area contributed by atoms with Gasteiger partial charge in [-0.1, -0.05) is 6.07 Å². The van der Waals surface area contributed by atoms with Crippen LogP contribution in [0.1, 0.15) is 36.0 Å². The number of aryl methyl sites for hydroxylation is 2. The Labute approximate surface area is 83.6 Å². The van der Waals surface area contributed by atoms with Crippen LogP contribution in [0.4, 0.5) is 4.39 Å². The fourth-order valence-corrected chi connectivity index (χ4v) is 2.27. The van der Waals surface area contributed by atoms with Gasteiger partial charge < -0.3 is 5.11 Å². The van der Waals surface area contributed by atoms with Crippen LogP contribution in [0.2, 0.25) is 0 Å². The van der Waals surface area contributed by atoms with Gasteiger partial charge >= 0.3 is 0 Å². The molecule has 1 aromatic carbocycles. The maximum absolute atomic E-state index is 13.7. The van der Waals surface area contributed by atoms with Gasteiger partial charge in [0.15, 0.2) is 0 Å². The summed E-state index contributed by atoms with van der Waals surface area (Å²) < 4.78 is 13.7. The second kappa shape index (κ2) is 3.06. The summed E-state index contributed by atoms with van der Waals surface area (Å²) in [5.74, 6) is -0.260. The third kappa shape index (κ3) is 1.34. The van der Waals surface area contributed by atoms with Crippen LogP contribution < -0.4 is 0 Å². The minimum absolute atomic E-state index is 0.260. The van der Waals surface area contributed by atoms with Crippen molar-refractivity contribution in [1.29, 1.82) is 0 Å². The molecule has 0 unspecified atom stereocenters. The SMILES string of the molecule is Cc1cc(C)c(C2(O)CCC2)c(F)c1. The van der Waals surface area contributed by atoms with Gasteiger partial charge in [-0.05, 0) is 50.3 Å². The van der Waals surface area contributed by atoms with Gasteiger partial charge in [0, 0.05) is 5.56 Å². The van der Waals surface area contributed by atoms with Crippen molar-refractivity contribution in [1.82, 2.24) is 0 Å². The van der Waals surface area contributed by atoms with Gasteiger partial charge in [-0.15, -0.1) is 0 Å². The van der Waals surface area contributed by atoms with Gasteiger partial charge in [0.05, 0.1) is 5.60 Å². The summed E-state index contributed by atoms with van der Waals surface area (Å²) in [6, 6.07) is 3.42. The Morgan fingerprint density at radius 1 is 1.29 bits per heavy atom. The molecule has 0 radical (unpaired) electrons. The van der Waals surface area contributed by atoms with Gasteiger partial charge in [0.25, 0.3) is 0 Å². The van der Waals surface area contributed by atoms with E-state index in [0.29, 0.717) is 18.4 Å². The Balaban J connectivity index is 2.52. The number of hydrogen-bond acceptors (Lipinski definition) is 1. The number of hydrogen-bond donors (Lipinski definition) is 1. The van der Waals surface area contributed by atoms with E-state index in [0.717, 1.165) is 17.5 Å². The third-order valence-electron chi connectivity index (χ3n) is 3.08. The molecular weight excluding hydrogens is 179 g/mol. The summed E-state index contributed by atoms with van der Waals surface area (Å²) in [5, 5.41) is 10.1. The molecule has 0 saturated heterocycles. The predicted octanol–water partition coefficient (Wildman–Crippen LogP) is 2.81.